The minimum atomic E-state index is -0.950. The number of carboxylic acids is 1. The number of thiazole rings is 1. The predicted octanol–water partition coefficient (Wildman–Crippen LogP) is 3.68. The summed E-state index contributed by atoms with van der Waals surface area (Å²) in [5.74, 6) is -0.470. The molecule has 138 valence electrons. The van der Waals surface area contributed by atoms with Gasteiger partial charge in [-0.3, -0.25) is 4.79 Å². The lowest BCUT2D eigenvalue weighted by Crippen LogP contribution is -2.48. The van der Waals surface area contributed by atoms with E-state index in [0.717, 1.165) is 29.2 Å². The Hall–Kier alpha value is -2.41. The van der Waals surface area contributed by atoms with Gasteiger partial charge in [0, 0.05) is 17.5 Å². The fourth-order valence-corrected chi connectivity index (χ4v) is 3.83. The van der Waals surface area contributed by atoms with Gasteiger partial charge in [0.2, 0.25) is 0 Å². The summed E-state index contributed by atoms with van der Waals surface area (Å²) < 4.78 is 5.63. The van der Waals surface area contributed by atoms with Crippen molar-refractivity contribution < 1.29 is 19.4 Å². The van der Waals surface area contributed by atoms with Gasteiger partial charge in [-0.05, 0) is 57.4 Å². The van der Waals surface area contributed by atoms with Crippen molar-refractivity contribution in [3.05, 3.63) is 35.3 Å². The second kappa shape index (κ2) is 7.86. The van der Waals surface area contributed by atoms with E-state index in [9.17, 15) is 14.7 Å². The fraction of sp³-hybridized carbons (Fsp3) is 0.421. The minimum Gasteiger partial charge on any atom is -0.491 e. The van der Waals surface area contributed by atoms with E-state index in [2.05, 4.69) is 4.98 Å². The molecule has 0 radical (unpaired) electrons. The molecule has 1 atom stereocenters. The van der Waals surface area contributed by atoms with Crippen LogP contribution >= 0.6 is 11.3 Å². The second-order valence-electron chi connectivity index (χ2n) is 6.58. The lowest BCUT2D eigenvalue weighted by atomic mass is 10.0. The number of carbonyl (C=O) groups is 2. The number of aromatic nitrogens is 1. The Morgan fingerprint density at radius 2 is 2.00 bits per heavy atom. The van der Waals surface area contributed by atoms with Crippen molar-refractivity contribution in [3.8, 4) is 16.3 Å². The Morgan fingerprint density at radius 1 is 1.27 bits per heavy atom. The third-order valence-electron chi connectivity index (χ3n) is 4.25. The molecule has 6 nitrogen and oxygen atoms in total. The first kappa shape index (κ1) is 18.4. The molecule has 0 bridgehead atoms. The Morgan fingerprint density at radius 3 is 2.65 bits per heavy atom. The SMILES string of the molecule is CC(C)Oc1ccc(-c2nc(C(=O)N3CCCC[C@@H]3C(=O)O)cs2)cc1. The normalized spacial score (nSPS) is 17.3. The standard InChI is InChI=1S/C19H22N2O4S/c1-12(2)25-14-8-6-13(7-9-14)17-20-15(11-26-17)18(22)21-10-4-3-5-16(21)19(23)24/h6-9,11-12,16H,3-5,10H2,1-2H3,(H,23,24)/t16-/m1/s1. The first-order valence-electron chi connectivity index (χ1n) is 8.72. The van der Waals surface area contributed by atoms with E-state index in [1.807, 2.05) is 38.1 Å². The summed E-state index contributed by atoms with van der Waals surface area (Å²) in [4.78, 5) is 30.0. The van der Waals surface area contributed by atoms with Crippen LogP contribution in [0.3, 0.4) is 0 Å². The molecule has 0 unspecified atom stereocenters. The van der Waals surface area contributed by atoms with Crippen LogP contribution in [0.5, 0.6) is 5.75 Å². The minimum absolute atomic E-state index is 0.108. The van der Waals surface area contributed by atoms with Gasteiger partial charge in [-0.15, -0.1) is 11.3 Å². The average Bonchev–Trinajstić information content (AvgIpc) is 3.11. The Labute approximate surface area is 156 Å². The lowest BCUT2D eigenvalue weighted by molar-refractivity contribution is -0.143. The molecule has 0 spiro atoms. The molecular weight excluding hydrogens is 352 g/mol. The van der Waals surface area contributed by atoms with Gasteiger partial charge in [-0.2, -0.15) is 0 Å². The van der Waals surface area contributed by atoms with Crippen LogP contribution in [0.4, 0.5) is 0 Å². The van der Waals surface area contributed by atoms with Crippen LogP contribution in [0.1, 0.15) is 43.6 Å². The van der Waals surface area contributed by atoms with Crippen molar-refractivity contribution in [2.24, 2.45) is 0 Å². The number of hydrogen-bond donors (Lipinski definition) is 1. The number of carboxylic acid groups (broad SMARTS) is 1. The van der Waals surface area contributed by atoms with Gasteiger partial charge in [0.1, 0.15) is 22.5 Å². The van der Waals surface area contributed by atoms with Crippen LogP contribution in [0, 0.1) is 0 Å². The lowest BCUT2D eigenvalue weighted by Gasteiger charge is -2.32. The molecule has 1 amide bonds. The first-order valence-corrected chi connectivity index (χ1v) is 9.60. The van der Waals surface area contributed by atoms with Gasteiger partial charge in [0.15, 0.2) is 0 Å². The Bertz CT molecular complexity index is 785. The number of aliphatic carboxylic acids is 1. The fourth-order valence-electron chi connectivity index (χ4n) is 3.03. The number of piperidine rings is 1. The number of benzene rings is 1. The van der Waals surface area contributed by atoms with Crippen molar-refractivity contribution >= 4 is 23.2 Å². The number of amides is 1. The van der Waals surface area contributed by atoms with E-state index in [1.54, 1.807) is 5.38 Å². The number of ether oxygens (including phenoxy) is 1. The molecule has 1 N–H and O–H groups in total. The number of carbonyl (C=O) groups excluding carboxylic acids is 1. The van der Waals surface area contributed by atoms with Gasteiger partial charge in [-0.25, -0.2) is 9.78 Å². The largest absolute Gasteiger partial charge is 0.491 e. The number of nitrogens with zero attached hydrogens (tertiary/aromatic N) is 2. The third-order valence-corrected chi connectivity index (χ3v) is 5.14. The molecule has 26 heavy (non-hydrogen) atoms. The van der Waals surface area contributed by atoms with E-state index in [0.29, 0.717) is 18.7 Å². The summed E-state index contributed by atoms with van der Waals surface area (Å²) in [6, 6.07) is 6.82. The zero-order valence-corrected chi connectivity index (χ0v) is 15.7. The van der Waals surface area contributed by atoms with Crippen LogP contribution in [0.15, 0.2) is 29.6 Å². The van der Waals surface area contributed by atoms with Gasteiger partial charge >= 0.3 is 5.97 Å². The quantitative estimate of drug-likeness (QED) is 0.864. The maximum Gasteiger partial charge on any atom is 0.326 e. The summed E-state index contributed by atoms with van der Waals surface area (Å²) in [5, 5.41) is 11.8. The van der Waals surface area contributed by atoms with Crippen molar-refractivity contribution in [2.45, 2.75) is 45.3 Å². The van der Waals surface area contributed by atoms with E-state index in [-0.39, 0.29) is 12.0 Å². The number of likely N-dealkylation sites (tertiary alicyclic amines) is 1. The van der Waals surface area contributed by atoms with Crippen LogP contribution < -0.4 is 4.74 Å². The van der Waals surface area contributed by atoms with Crippen LogP contribution in [-0.2, 0) is 4.79 Å². The van der Waals surface area contributed by atoms with E-state index >= 15 is 0 Å². The highest BCUT2D eigenvalue weighted by molar-refractivity contribution is 7.13. The molecule has 2 aromatic rings. The second-order valence-corrected chi connectivity index (χ2v) is 7.44. The topological polar surface area (TPSA) is 79.7 Å². The summed E-state index contributed by atoms with van der Waals surface area (Å²) in [5.41, 5.74) is 1.21. The first-order chi connectivity index (χ1) is 12.5. The van der Waals surface area contributed by atoms with Gasteiger partial charge in [0.25, 0.3) is 5.91 Å². The monoisotopic (exact) mass is 374 g/mol. The molecule has 0 aliphatic carbocycles. The highest BCUT2D eigenvalue weighted by Gasteiger charge is 2.33. The Kier molecular flexibility index (Phi) is 5.56. The molecular formula is C19H22N2O4S. The van der Waals surface area contributed by atoms with Gasteiger partial charge < -0.3 is 14.7 Å². The maximum atomic E-state index is 12.7. The van der Waals surface area contributed by atoms with Crippen molar-refractivity contribution in [1.82, 2.24) is 9.88 Å². The van der Waals surface area contributed by atoms with Crippen LogP contribution in [-0.4, -0.2) is 45.6 Å². The van der Waals surface area contributed by atoms with Crippen molar-refractivity contribution in [2.75, 3.05) is 6.54 Å². The zero-order valence-electron chi connectivity index (χ0n) is 14.8. The van der Waals surface area contributed by atoms with Crippen molar-refractivity contribution in [3.63, 3.8) is 0 Å². The predicted molar refractivity (Wildman–Crippen MR) is 99.6 cm³/mol. The summed E-state index contributed by atoms with van der Waals surface area (Å²) in [6.07, 6.45) is 2.25. The molecule has 1 aliphatic rings. The van der Waals surface area contributed by atoms with E-state index in [1.165, 1.54) is 16.2 Å². The highest BCUT2D eigenvalue weighted by atomic mass is 32.1. The molecule has 2 heterocycles. The van der Waals surface area contributed by atoms with Gasteiger partial charge in [0.05, 0.1) is 6.10 Å². The molecule has 3 rings (SSSR count). The average molecular weight is 374 g/mol. The maximum absolute atomic E-state index is 12.7. The summed E-state index contributed by atoms with van der Waals surface area (Å²) in [6.45, 7) is 4.40. The molecule has 1 fully saturated rings. The number of rotatable bonds is 5. The summed E-state index contributed by atoms with van der Waals surface area (Å²) >= 11 is 1.38. The van der Waals surface area contributed by atoms with Crippen LogP contribution in [0.2, 0.25) is 0 Å². The molecule has 1 aliphatic heterocycles. The Balaban J connectivity index is 1.76. The molecule has 0 saturated carbocycles. The third kappa shape index (κ3) is 4.04. The van der Waals surface area contributed by atoms with Crippen LogP contribution in [0.25, 0.3) is 10.6 Å². The zero-order chi connectivity index (χ0) is 18.7. The summed E-state index contributed by atoms with van der Waals surface area (Å²) in [7, 11) is 0. The highest BCUT2D eigenvalue weighted by Crippen LogP contribution is 2.27. The van der Waals surface area contributed by atoms with E-state index < -0.39 is 12.0 Å². The smallest absolute Gasteiger partial charge is 0.326 e. The van der Waals surface area contributed by atoms with Crippen molar-refractivity contribution in [1.29, 1.82) is 0 Å². The molecule has 7 heteroatoms. The van der Waals surface area contributed by atoms with Gasteiger partial charge in [-0.1, -0.05) is 0 Å². The molecule has 1 aromatic heterocycles. The van der Waals surface area contributed by atoms with E-state index in [4.69, 9.17) is 4.74 Å². The number of hydrogen-bond acceptors (Lipinski definition) is 5. The molecule has 1 aromatic carbocycles. The molecule has 1 saturated heterocycles.